The van der Waals surface area contributed by atoms with Crippen LogP contribution in [0.3, 0.4) is 0 Å². The standard InChI is InChI=1S/C21H20N2O3/c1-4-8-16-11-15(13-19(25-2)20(16)26-3)12-17(14-22)21(24)23-18-9-6-5-7-10-18/h4-7,9-13H,1,8H2,2-3H3,(H,23,24)/b17-12+. The van der Waals surface area contributed by atoms with E-state index >= 15 is 0 Å². The van der Waals surface area contributed by atoms with E-state index < -0.39 is 5.91 Å². The van der Waals surface area contributed by atoms with Crippen LogP contribution in [-0.2, 0) is 11.2 Å². The second-order valence-corrected chi connectivity index (χ2v) is 5.40. The van der Waals surface area contributed by atoms with Crippen molar-refractivity contribution in [1.29, 1.82) is 5.26 Å². The maximum Gasteiger partial charge on any atom is 0.266 e. The number of methoxy groups -OCH3 is 2. The van der Waals surface area contributed by atoms with Gasteiger partial charge in [-0.25, -0.2) is 0 Å². The zero-order valence-electron chi connectivity index (χ0n) is 14.8. The smallest absolute Gasteiger partial charge is 0.266 e. The van der Waals surface area contributed by atoms with Crippen LogP contribution in [0.15, 0.2) is 60.7 Å². The van der Waals surface area contributed by atoms with Gasteiger partial charge in [0.15, 0.2) is 11.5 Å². The number of nitriles is 1. The van der Waals surface area contributed by atoms with E-state index in [-0.39, 0.29) is 5.57 Å². The van der Waals surface area contributed by atoms with Crippen LogP contribution in [0.1, 0.15) is 11.1 Å². The Morgan fingerprint density at radius 3 is 2.54 bits per heavy atom. The van der Waals surface area contributed by atoms with Crippen LogP contribution in [0.5, 0.6) is 11.5 Å². The molecule has 132 valence electrons. The molecule has 0 unspecified atom stereocenters. The topological polar surface area (TPSA) is 71.4 Å². The van der Waals surface area contributed by atoms with Crippen molar-refractivity contribution in [3.05, 3.63) is 71.8 Å². The summed E-state index contributed by atoms with van der Waals surface area (Å²) in [5.74, 6) is 0.661. The first kappa shape index (κ1) is 18.8. The van der Waals surface area contributed by atoms with E-state index in [1.54, 1.807) is 43.5 Å². The van der Waals surface area contributed by atoms with E-state index in [1.165, 1.54) is 13.2 Å². The molecule has 5 heteroatoms. The van der Waals surface area contributed by atoms with Crippen LogP contribution in [-0.4, -0.2) is 20.1 Å². The fraction of sp³-hybridized carbons (Fsp3) is 0.143. The van der Waals surface area contributed by atoms with Gasteiger partial charge in [0.2, 0.25) is 0 Å². The van der Waals surface area contributed by atoms with Gasteiger partial charge in [-0.3, -0.25) is 4.79 Å². The minimum atomic E-state index is -0.473. The lowest BCUT2D eigenvalue weighted by Crippen LogP contribution is -2.13. The molecule has 0 aliphatic rings. The maximum absolute atomic E-state index is 12.4. The Morgan fingerprint density at radius 1 is 1.23 bits per heavy atom. The minimum absolute atomic E-state index is 0.00868. The van der Waals surface area contributed by atoms with Crippen molar-refractivity contribution in [1.82, 2.24) is 0 Å². The quantitative estimate of drug-likeness (QED) is 0.467. The van der Waals surface area contributed by atoms with Gasteiger partial charge in [-0.2, -0.15) is 5.26 Å². The van der Waals surface area contributed by atoms with Crippen molar-refractivity contribution >= 4 is 17.7 Å². The fourth-order valence-electron chi connectivity index (χ4n) is 2.49. The SMILES string of the molecule is C=CCc1cc(/C=C(\C#N)C(=O)Nc2ccccc2)cc(OC)c1OC. The molecule has 0 saturated heterocycles. The van der Waals surface area contributed by atoms with E-state index in [2.05, 4.69) is 11.9 Å². The zero-order valence-corrected chi connectivity index (χ0v) is 14.8. The molecule has 5 nitrogen and oxygen atoms in total. The Morgan fingerprint density at radius 2 is 1.96 bits per heavy atom. The number of allylic oxidation sites excluding steroid dienone is 1. The van der Waals surface area contributed by atoms with Gasteiger partial charge < -0.3 is 14.8 Å². The highest BCUT2D eigenvalue weighted by molar-refractivity contribution is 6.09. The summed E-state index contributed by atoms with van der Waals surface area (Å²) in [6, 6.07) is 14.5. The van der Waals surface area contributed by atoms with Gasteiger partial charge in [-0.05, 0) is 42.3 Å². The van der Waals surface area contributed by atoms with Crippen LogP contribution >= 0.6 is 0 Å². The second kappa shape index (κ2) is 9.09. The number of nitrogens with one attached hydrogen (secondary N) is 1. The number of para-hydroxylation sites is 1. The van der Waals surface area contributed by atoms with Gasteiger partial charge in [0, 0.05) is 11.3 Å². The van der Waals surface area contributed by atoms with Gasteiger partial charge in [0.25, 0.3) is 5.91 Å². The third-order valence-electron chi connectivity index (χ3n) is 3.65. The van der Waals surface area contributed by atoms with Crippen molar-refractivity contribution < 1.29 is 14.3 Å². The molecule has 2 aromatic rings. The van der Waals surface area contributed by atoms with Gasteiger partial charge in [0.05, 0.1) is 14.2 Å². The molecular formula is C21H20N2O3. The van der Waals surface area contributed by atoms with E-state index in [4.69, 9.17) is 9.47 Å². The summed E-state index contributed by atoms with van der Waals surface area (Å²) in [6.07, 6.45) is 3.84. The monoisotopic (exact) mass is 348 g/mol. The minimum Gasteiger partial charge on any atom is -0.493 e. The lowest BCUT2D eigenvalue weighted by Gasteiger charge is -2.13. The summed E-state index contributed by atoms with van der Waals surface area (Å²) >= 11 is 0. The number of anilines is 1. The number of ether oxygens (including phenoxy) is 2. The Labute approximate surface area is 153 Å². The molecule has 0 fully saturated rings. The highest BCUT2D eigenvalue weighted by Crippen LogP contribution is 2.34. The molecule has 0 aromatic heterocycles. The Balaban J connectivity index is 2.38. The molecule has 0 bridgehead atoms. The average molecular weight is 348 g/mol. The molecule has 0 aliphatic carbocycles. The van der Waals surface area contributed by atoms with E-state index in [9.17, 15) is 10.1 Å². The van der Waals surface area contributed by atoms with Gasteiger partial charge >= 0.3 is 0 Å². The lowest BCUT2D eigenvalue weighted by molar-refractivity contribution is -0.112. The van der Waals surface area contributed by atoms with Crippen molar-refractivity contribution in [3.63, 3.8) is 0 Å². The Bertz CT molecular complexity index is 865. The van der Waals surface area contributed by atoms with Crippen LogP contribution in [0, 0.1) is 11.3 Å². The maximum atomic E-state index is 12.4. The van der Waals surface area contributed by atoms with Gasteiger partial charge in [0.1, 0.15) is 11.6 Å². The number of nitrogens with zero attached hydrogens (tertiary/aromatic N) is 1. The van der Waals surface area contributed by atoms with E-state index in [1.807, 2.05) is 18.2 Å². The molecule has 26 heavy (non-hydrogen) atoms. The molecule has 1 amide bonds. The number of carbonyl (C=O) groups excluding carboxylic acids is 1. The van der Waals surface area contributed by atoms with E-state index in [0.717, 1.165) is 5.56 Å². The van der Waals surface area contributed by atoms with Crippen molar-refractivity contribution in [2.75, 3.05) is 19.5 Å². The number of amides is 1. The number of hydrogen-bond acceptors (Lipinski definition) is 4. The molecule has 1 N–H and O–H groups in total. The first-order valence-corrected chi connectivity index (χ1v) is 7.97. The summed E-state index contributed by atoms with van der Waals surface area (Å²) in [6.45, 7) is 3.74. The van der Waals surface area contributed by atoms with Gasteiger partial charge in [-0.1, -0.05) is 24.3 Å². The molecule has 2 aromatic carbocycles. The first-order valence-electron chi connectivity index (χ1n) is 7.97. The zero-order chi connectivity index (χ0) is 18.9. The fourth-order valence-corrected chi connectivity index (χ4v) is 2.49. The molecule has 0 saturated carbocycles. The van der Waals surface area contributed by atoms with Crippen LogP contribution < -0.4 is 14.8 Å². The number of rotatable bonds is 7. The first-order chi connectivity index (χ1) is 12.6. The summed E-state index contributed by atoms with van der Waals surface area (Å²) in [7, 11) is 3.10. The number of carbonyl (C=O) groups is 1. The predicted molar refractivity (Wildman–Crippen MR) is 102 cm³/mol. The molecule has 0 spiro atoms. The average Bonchev–Trinajstić information content (AvgIpc) is 2.66. The molecule has 0 aliphatic heterocycles. The highest BCUT2D eigenvalue weighted by Gasteiger charge is 2.14. The molecular weight excluding hydrogens is 328 g/mol. The largest absolute Gasteiger partial charge is 0.493 e. The van der Waals surface area contributed by atoms with Crippen molar-refractivity contribution in [2.24, 2.45) is 0 Å². The highest BCUT2D eigenvalue weighted by atomic mass is 16.5. The Hall–Kier alpha value is -3.52. The van der Waals surface area contributed by atoms with Crippen LogP contribution in [0.2, 0.25) is 0 Å². The van der Waals surface area contributed by atoms with Crippen LogP contribution in [0.25, 0.3) is 6.08 Å². The summed E-state index contributed by atoms with van der Waals surface area (Å²) in [5, 5.41) is 12.1. The predicted octanol–water partition coefficient (Wildman–Crippen LogP) is 3.98. The second-order valence-electron chi connectivity index (χ2n) is 5.40. The Kier molecular flexibility index (Phi) is 6.58. The molecule has 0 atom stereocenters. The van der Waals surface area contributed by atoms with Crippen LogP contribution in [0.4, 0.5) is 5.69 Å². The molecule has 0 heterocycles. The number of hydrogen-bond donors (Lipinski definition) is 1. The van der Waals surface area contributed by atoms with E-state index in [0.29, 0.717) is 29.2 Å². The third kappa shape index (κ3) is 4.52. The normalized spacial score (nSPS) is 10.6. The van der Waals surface area contributed by atoms with Gasteiger partial charge in [-0.15, -0.1) is 6.58 Å². The summed E-state index contributed by atoms with van der Waals surface area (Å²) in [4.78, 5) is 12.4. The number of benzene rings is 2. The lowest BCUT2D eigenvalue weighted by atomic mass is 10.0. The molecule has 0 radical (unpaired) electrons. The third-order valence-corrected chi connectivity index (χ3v) is 3.65. The summed E-state index contributed by atoms with van der Waals surface area (Å²) in [5.41, 5.74) is 2.14. The van der Waals surface area contributed by atoms with Crippen molar-refractivity contribution in [3.8, 4) is 17.6 Å². The van der Waals surface area contributed by atoms with Crippen molar-refractivity contribution in [2.45, 2.75) is 6.42 Å². The summed E-state index contributed by atoms with van der Waals surface area (Å²) < 4.78 is 10.8. The molecule has 2 rings (SSSR count).